The van der Waals surface area contributed by atoms with Gasteiger partial charge in [-0.3, -0.25) is 19.2 Å². The summed E-state index contributed by atoms with van der Waals surface area (Å²) in [5, 5.41) is 45.3. The van der Waals surface area contributed by atoms with Crippen molar-refractivity contribution in [1.82, 2.24) is 19.9 Å². The Hall–Kier alpha value is -8.70. The molecule has 21 nitrogen and oxygen atoms in total. The van der Waals surface area contributed by atoms with Crippen molar-refractivity contribution in [2.24, 2.45) is 0 Å². The average Bonchev–Trinajstić information content (AvgIpc) is 0.917. The van der Waals surface area contributed by atoms with Crippen LogP contribution in [0.3, 0.4) is 0 Å². The number of nitrogens with zero attached hydrogens (tertiary/aromatic N) is 8. The number of ether oxygens (including phenoxy) is 5. The number of thiazole rings is 2. The molecule has 4 heterocycles. The Morgan fingerprint density at radius 1 is 0.573 bits per heavy atom. The van der Waals surface area contributed by atoms with E-state index < -0.39 is 35.1 Å². The number of aliphatic hydroxyl groups is 1. The maximum Gasteiger partial charge on any atom is 0.306 e. The first-order valence-electron chi connectivity index (χ1n) is 28.6. The van der Waals surface area contributed by atoms with E-state index in [1.54, 1.807) is 90.1 Å². The van der Waals surface area contributed by atoms with E-state index in [0.717, 1.165) is 32.5 Å². The zero-order valence-electron chi connectivity index (χ0n) is 52.6. The van der Waals surface area contributed by atoms with Crippen LogP contribution < -0.4 is 20.9 Å². The van der Waals surface area contributed by atoms with Crippen LogP contribution >= 0.6 is 92.6 Å². The first-order valence-corrected chi connectivity index (χ1v) is 34.2. The Balaban J connectivity index is 0.000000293. The number of hydrogen-bond acceptors (Lipinski definition) is 22. The molecule has 29 heteroatoms. The van der Waals surface area contributed by atoms with E-state index in [1.165, 1.54) is 46.2 Å². The van der Waals surface area contributed by atoms with Crippen molar-refractivity contribution in [3.05, 3.63) is 163 Å². The van der Waals surface area contributed by atoms with Gasteiger partial charge in [0.15, 0.2) is 0 Å². The number of aliphatic carboxylic acids is 1. The minimum atomic E-state index is -0.985. The van der Waals surface area contributed by atoms with Crippen LogP contribution in [0.25, 0.3) is 53.1 Å². The molecule has 500 valence electrons. The van der Waals surface area contributed by atoms with Crippen LogP contribution in [-0.4, -0.2) is 97.0 Å². The molecule has 0 atom stereocenters. The van der Waals surface area contributed by atoms with Crippen molar-refractivity contribution in [2.45, 2.75) is 100.0 Å². The summed E-state index contributed by atoms with van der Waals surface area (Å²) in [6, 6.07) is 33.1. The molecular weight excluding hydrogens is 1390 g/mol. The molecular formula is C67H64Cl4N10O11S4. The number of aromatic nitrogens is 4. The molecule has 0 amide bonds. The Morgan fingerprint density at radius 2 is 0.938 bits per heavy atom. The van der Waals surface area contributed by atoms with E-state index >= 15 is 0 Å². The van der Waals surface area contributed by atoms with E-state index in [9.17, 15) is 29.7 Å². The molecule has 0 saturated heterocycles. The quantitative estimate of drug-likeness (QED) is 0.0115. The number of aliphatic hydroxyl groups excluding tert-OH is 1. The molecule has 0 aliphatic carbocycles. The third kappa shape index (κ3) is 25.5. The number of anilines is 2. The fourth-order valence-corrected chi connectivity index (χ4v) is 11.9. The van der Waals surface area contributed by atoms with Gasteiger partial charge in [0.2, 0.25) is 11.4 Å². The molecule has 8 rings (SSSR count). The highest BCUT2D eigenvalue weighted by molar-refractivity contribution is 7.98. The standard InChI is InChI=1S/C33H30ClN5O5S2.C25H18ClN5O2S2.C8H14O4.CH2Cl2/c1-33(2,3)44-27(41)14-13-26(40)43-16-15-42-24-11-7-20(8-12-24)28-25(17-35)32(39-30(36)29(28)37-4)46-19-23-18-45-31(38-23)21-5-9-22(34)10-6-21;1-29-22-21(15-4-8-19(9-5-15)33-11-10-32)20(12-27)25(31-23(22)28)35-14-18-13-34-24(30-18)16-2-6-17(26)7-3-16;1-8(2,3)12-7(11)5-4-6(9)10;2-1-3/h5-12,18H,13-16,19H2,1-3H3,(H2,36,39);2-9,13,32H,10-11,14H2,(H2,28,31);4-5H2,1-3H3,(H,9,10);1H2. The molecule has 96 heavy (non-hydrogen) atoms. The van der Waals surface area contributed by atoms with E-state index in [0.29, 0.717) is 65.4 Å². The SMILES string of the molecule is CC(C)(C)OC(=O)CCC(=O)O.ClCCl.[C-]#[N+]c1c(N)nc(SCc2csc(-c3ccc(Cl)cc3)n2)c(C#N)c1-c1ccc(OCCO)cc1.[C-]#[N+]c1c(N)nc(SCc2csc(-c3ccc(Cl)cc3)n2)c(C#N)c1-c1ccc(OCCOC(=O)CCC(=O)OC(C)(C)C)cc1. The fourth-order valence-electron chi connectivity index (χ4n) is 8.01. The lowest BCUT2D eigenvalue weighted by Crippen LogP contribution is -2.24. The molecule has 0 spiro atoms. The normalized spacial score (nSPS) is 10.6. The van der Waals surface area contributed by atoms with Crippen LogP contribution in [-0.2, 0) is 44.9 Å². The number of thioether (sulfide) groups is 2. The number of rotatable bonds is 23. The second-order valence-electron chi connectivity index (χ2n) is 21.5. The highest BCUT2D eigenvalue weighted by Gasteiger charge is 2.24. The van der Waals surface area contributed by atoms with Crippen molar-refractivity contribution >= 4 is 139 Å². The highest BCUT2D eigenvalue weighted by Crippen LogP contribution is 2.44. The monoisotopic (exact) mass is 1450 g/mol. The third-order valence-electron chi connectivity index (χ3n) is 12.0. The average molecular weight is 1460 g/mol. The van der Waals surface area contributed by atoms with Gasteiger partial charge in [0.1, 0.15) is 86.4 Å². The number of carboxylic acid groups (broad SMARTS) is 1. The minimum absolute atomic E-state index is 0.00297. The molecule has 8 aromatic rings. The zero-order valence-corrected chi connectivity index (χ0v) is 58.9. The summed E-state index contributed by atoms with van der Waals surface area (Å²) in [6.45, 7) is 26.0. The Kier molecular flexibility index (Phi) is 31.5. The Morgan fingerprint density at radius 3 is 1.29 bits per heavy atom. The van der Waals surface area contributed by atoms with Gasteiger partial charge in [0.25, 0.3) is 0 Å². The van der Waals surface area contributed by atoms with Crippen LogP contribution in [0.1, 0.15) is 89.7 Å². The zero-order chi connectivity index (χ0) is 70.5. The molecule has 0 aliphatic rings. The van der Waals surface area contributed by atoms with Gasteiger partial charge in [-0.2, -0.15) is 10.5 Å². The van der Waals surface area contributed by atoms with Gasteiger partial charge in [-0.25, -0.2) is 29.6 Å². The predicted molar refractivity (Wildman–Crippen MR) is 378 cm³/mol. The molecule has 6 N–H and O–H groups in total. The van der Waals surface area contributed by atoms with Gasteiger partial charge in [-0.1, -0.05) is 95.3 Å². The van der Waals surface area contributed by atoms with Gasteiger partial charge < -0.3 is 45.4 Å². The summed E-state index contributed by atoms with van der Waals surface area (Å²) in [7, 11) is 0. The lowest BCUT2D eigenvalue weighted by Gasteiger charge is -2.19. The Labute approximate surface area is 592 Å². The molecule has 0 fully saturated rings. The van der Waals surface area contributed by atoms with E-state index in [2.05, 4.69) is 36.8 Å². The summed E-state index contributed by atoms with van der Waals surface area (Å²) in [4.78, 5) is 69.9. The number of alkyl halides is 2. The van der Waals surface area contributed by atoms with Crippen molar-refractivity contribution in [2.75, 3.05) is 43.2 Å². The lowest BCUT2D eigenvalue weighted by molar-refractivity contribution is -0.158. The predicted octanol–water partition coefficient (Wildman–Crippen LogP) is 16.7. The molecule has 0 aliphatic heterocycles. The summed E-state index contributed by atoms with van der Waals surface area (Å²) in [5.41, 5.74) is 17.6. The first-order chi connectivity index (χ1) is 45.7. The van der Waals surface area contributed by atoms with Crippen molar-refractivity contribution < 1.29 is 53.1 Å². The number of pyridine rings is 2. The number of nitrogens with two attached hydrogens (primary N) is 2. The number of carbonyl (C=O) groups is 4. The highest BCUT2D eigenvalue weighted by atomic mass is 35.5. The number of esters is 3. The van der Waals surface area contributed by atoms with E-state index in [1.807, 2.05) is 59.3 Å². The van der Waals surface area contributed by atoms with Gasteiger partial charge in [-0.15, -0.1) is 45.9 Å². The van der Waals surface area contributed by atoms with Crippen LogP contribution in [0.2, 0.25) is 10.0 Å². The van der Waals surface area contributed by atoms with E-state index in [-0.39, 0.29) is 91.6 Å². The second kappa shape index (κ2) is 38.7. The number of benzene rings is 4. The van der Waals surface area contributed by atoms with Crippen LogP contribution in [0, 0.1) is 35.8 Å². The topological polar surface area (TPSA) is 315 Å². The lowest BCUT2D eigenvalue weighted by atomic mass is 10.00. The molecule has 0 unspecified atom stereocenters. The number of nitriles is 2. The van der Waals surface area contributed by atoms with Gasteiger partial charge in [0, 0.05) is 54.6 Å². The maximum absolute atomic E-state index is 11.9. The second-order valence-corrected chi connectivity index (χ2v) is 26.8. The number of nitrogen functional groups attached to an aromatic ring is 2. The largest absolute Gasteiger partial charge is 0.491 e. The third-order valence-corrected chi connectivity index (χ3v) is 16.4. The van der Waals surface area contributed by atoms with E-state index in [4.69, 9.17) is 110 Å². The first kappa shape index (κ1) is 78.0. The van der Waals surface area contributed by atoms with Gasteiger partial charge >= 0.3 is 23.9 Å². The van der Waals surface area contributed by atoms with Gasteiger partial charge in [0.05, 0.1) is 73.3 Å². The summed E-state index contributed by atoms with van der Waals surface area (Å²) < 4.78 is 26.3. The van der Waals surface area contributed by atoms with Gasteiger partial charge in [-0.05, 0) is 101 Å². The number of carboxylic acids is 1. The van der Waals surface area contributed by atoms with Crippen LogP contribution in [0.4, 0.5) is 23.0 Å². The van der Waals surface area contributed by atoms with Crippen molar-refractivity contribution in [3.63, 3.8) is 0 Å². The molecule has 4 aromatic carbocycles. The Bertz CT molecular complexity index is 4120. The van der Waals surface area contributed by atoms with Crippen molar-refractivity contribution in [1.29, 1.82) is 10.5 Å². The number of carbonyl (C=O) groups excluding carboxylic acids is 3. The van der Waals surface area contributed by atoms with Crippen molar-refractivity contribution in [3.8, 4) is 67.0 Å². The maximum atomic E-state index is 11.9. The summed E-state index contributed by atoms with van der Waals surface area (Å²) in [5.74, 6) is -0.359. The molecule has 0 radical (unpaired) electrons. The molecule has 4 aromatic heterocycles. The van der Waals surface area contributed by atoms with Crippen LogP contribution in [0.5, 0.6) is 11.5 Å². The summed E-state index contributed by atoms with van der Waals surface area (Å²) in [6.07, 6.45) is -0.384. The minimum Gasteiger partial charge on any atom is -0.491 e. The van der Waals surface area contributed by atoms with Crippen LogP contribution in [0.15, 0.2) is 118 Å². The smallest absolute Gasteiger partial charge is 0.306 e. The number of halogens is 4. The molecule has 0 bridgehead atoms. The summed E-state index contributed by atoms with van der Waals surface area (Å²) >= 11 is 27.2. The number of hydrogen-bond donors (Lipinski definition) is 4. The fraction of sp³-hybridized carbons (Fsp3) is 0.284. The molecule has 0 saturated carbocycles.